The first-order chi connectivity index (χ1) is 8.58. The number of halogens is 1. The lowest BCUT2D eigenvalue weighted by Gasteiger charge is -2.20. The average molecular weight is 310 g/mol. The number of hydrogen-bond donors (Lipinski definition) is 1. The van der Waals surface area contributed by atoms with E-state index in [-0.39, 0.29) is 11.9 Å². The maximum Gasteiger partial charge on any atom is 0.252 e. The highest BCUT2D eigenvalue weighted by atomic mass is 79.9. The van der Waals surface area contributed by atoms with Crippen LogP contribution in [0.15, 0.2) is 22.7 Å². The molecule has 2 nitrogen and oxygen atoms in total. The number of aryl methyl sites for hydroxylation is 1. The summed E-state index contributed by atoms with van der Waals surface area (Å²) in [5.74, 6) is 0.680. The molecule has 0 radical (unpaired) electrons. The lowest BCUT2D eigenvalue weighted by atomic mass is 9.99. The van der Waals surface area contributed by atoms with Gasteiger partial charge in [0.05, 0.1) is 5.56 Å². The van der Waals surface area contributed by atoms with E-state index in [1.54, 1.807) is 0 Å². The minimum atomic E-state index is 0.0290. The molecule has 1 atom stereocenters. The van der Waals surface area contributed by atoms with E-state index in [2.05, 4.69) is 28.2 Å². The first-order valence-electron chi connectivity index (χ1n) is 6.65. The average Bonchev–Trinajstić information content (AvgIpc) is 2.81. The summed E-state index contributed by atoms with van der Waals surface area (Å²) < 4.78 is 0.874. The Labute approximate surface area is 117 Å². The molecule has 1 unspecified atom stereocenters. The van der Waals surface area contributed by atoms with Crippen LogP contribution in [0, 0.1) is 12.8 Å². The van der Waals surface area contributed by atoms with Gasteiger partial charge in [-0.1, -0.05) is 18.9 Å². The van der Waals surface area contributed by atoms with E-state index in [4.69, 9.17) is 0 Å². The number of nitrogens with one attached hydrogen (secondary N) is 1. The molecule has 1 aromatic rings. The summed E-state index contributed by atoms with van der Waals surface area (Å²) in [6.07, 6.45) is 5.10. The van der Waals surface area contributed by atoms with Gasteiger partial charge in [-0.15, -0.1) is 0 Å². The Morgan fingerprint density at radius 1 is 1.39 bits per heavy atom. The van der Waals surface area contributed by atoms with E-state index in [0.717, 1.165) is 15.6 Å². The molecule has 1 aliphatic carbocycles. The summed E-state index contributed by atoms with van der Waals surface area (Å²) in [5, 5.41) is 3.13. The fraction of sp³-hybridized carbons (Fsp3) is 0.533. The van der Waals surface area contributed by atoms with Crippen molar-refractivity contribution in [1.29, 1.82) is 0 Å². The quantitative estimate of drug-likeness (QED) is 0.896. The second-order valence-electron chi connectivity index (χ2n) is 5.29. The summed E-state index contributed by atoms with van der Waals surface area (Å²) in [6, 6.07) is 6.11. The molecule has 1 aliphatic rings. The molecule has 1 saturated carbocycles. The topological polar surface area (TPSA) is 29.1 Å². The van der Waals surface area contributed by atoms with Gasteiger partial charge in [-0.3, -0.25) is 4.79 Å². The Kier molecular flexibility index (Phi) is 4.44. The van der Waals surface area contributed by atoms with Crippen molar-refractivity contribution >= 4 is 21.8 Å². The van der Waals surface area contributed by atoms with Crippen molar-refractivity contribution in [3.63, 3.8) is 0 Å². The standard InChI is InChI=1S/C15H20BrNO/c1-10-7-8-13(14(16)9-10)15(18)17-11(2)12-5-3-4-6-12/h7-9,11-12H,3-6H2,1-2H3,(H,17,18). The second kappa shape index (κ2) is 5.87. The van der Waals surface area contributed by atoms with E-state index in [1.807, 2.05) is 25.1 Å². The van der Waals surface area contributed by atoms with Crippen molar-refractivity contribution in [3.8, 4) is 0 Å². The van der Waals surface area contributed by atoms with Crippen molar-refractivity contribution in [1.82, 2.24) is 5.32 Å². The van der Waals surface area contributed by atoms with Crippen LogP contribution in [0.2, 0.25) is 0 Å². The first kappa shape index (κ1) is 13.6. The van der Waals surface area contributed by atoms with Crippen LogP contribution in [0.5, 0.6) is 0 Å². The number of amides is 1. The summed E-state index contributed by atoms with van der Waals surface area (Å²) >= 11 is 3.46. The zero-order valence-electron chi connectivity index (χ0n) is 11.0. The van der Waals surface area contributed by atoms with Gasteiger partial charge in [0.15, 0.2) is 0 Å². The van der Waals surface area contributed by atoms with Gasteiger partial charge in [-0.05, 0) is 66.2 Å². The largest absolute Gasteiger partial charge is 0.349 e. The molecule has 1 amide bonds. The molecule has 1 N–H and O–H groups in total. The van der Waals surface area contributed by atoms with Crippen LogP contribution >= 0.6 is 15.9 Å². The van der Waals surface area contributed by atoms with Gasteiger partial charge in [-0.2, -0.15) is 0 Å². The van der Waals surface area contributed by atoms with E-state index < -0.39 is 0 Å². The Morgan fingerprint density at radius 3 is 2.67 bits per heavy atom. The molecule has 0 spiro atoms. The molecule has 0 heterocycles. The Balaban J connectivity index is 2.02. The van der Waals surface area contributed by atoms with Crippen molar-refractivity contribution < 1.29 is 4.79 Å². The molecule has 1 aromatic carbocycles. The van der Waals surface area contributed by atoms with E-state index in [9.17, 15) is 4.79 Å². The highest BCUT2D eigenvalue weighted by Crippen LogP contribution is 2.28. The normalized spacial score (nSPS) is 17.7. The number of rotatable bonds is 3. The van der Waals surface area contributed by atoms with Gasteiger partial charge < -0.3 is 5.32 Å². The van der Waals surface area contributed by atoms with Gasteiger partial charge in [-0.25, -0.2) is 0 Å². The molecule has 3 heteroatoms. The van der Waals surface area contributed by atoms with E-state index in [0.29, 0.717) is 5.92 Å². The Bertz CT molecular complexity index is 438. The predicted molar refractivity (Wildman–Crippen MR) is 77.8 cm³/mol. The van der Waals surface area contributed by atoms with Crippen LogP contribution in [-0.4, -0.2) is 11.9 Å². The van der Waals surface area contributed by atoms with Gasteiger partial charge in [0.25, 0.3) is 5.91 Å². The molecule has 2 rings (SSSR count). The zero-order chi connectivity index (χ0) is 13.1. The lowest BCUT2D eigenvalue weighted by Crippen LogP contribution is -2.37. The molecule has 1 fully saturated rings. The van der Waals surface area contributed by atoms with Crippen LogP contribution in [0.3, 0.4) is 0 Å². The summed E-state index contributed by atoms with van der Waals surface area (Å²) in [6.45, 7) is 4.14. The van der Waals surface area contributed by atoms with Gasteiger partial charge in [0.2, 0.25) is 0 Å². The van der Waals surface area contributed by atoms with Gasteiger partial charge in [0.1, 0.15) is 0 Å². The van der Waals surface area contributed by atoms with Crippen molar-refractivity contribution in [2.24, 2.45) is 5.92 Å². The highest BCUT2D eigenvalue weighted by molar-refractivity contribution is 9.10. The van der Waals surface area contributed by atoms with Crippen molar-refractivity contribution in [2.45, 2.75) is 45.6 Å². The fourth-order valence-electron chi connectivity index (χ4n) is 2.66. The molecule has 0 aliphatic heterocycles. The minimum Gasteiger partial charge on any atom is -0.349 e. The number of benzene rings is 1. The maximum absolute atomic E-state index is 12.2. The predicted octanol–water partition coefficient (Wildman–Crippen LogP) is 4.07. The number of carbonyl (C=O) groups excluding carboxylic acids is 1. The van der Waals surface area contributed by atoms with E-state index in [1.165, 1.54) is 25.7 Å². The van der Waals surface area contributed by atoms with Crippen molar-refractivity contribution in [3.05, 3.63) is 33.8 Å². The minimum absolute atomic E-state index is 0.0290. The molecule has 18 heavy (non-hydrogen) atoms. The van der Waals surface area contributed by atoms with E-state index >= 15 is 0 Å². The monoisotopic (exact) mass is 309 g/mol. The molecule has 0 bridgehead atoms. The molecular formula is C15H20BrNO. The maximum atomic E-state index is 12.2. The first-order valence-corrected chi connectivity index (χ1v) is 7.44. The lowest BCUT2D eigenvalue weighted by molar-refractivity contribution is 0.0926. The SMILES string of the molecule is Cc1ccc(C(=O)NC(C)C2CCCC2)c(Br)c1. The summed E-state index contributed by atoms with van der Waals surface area (Å²) in [5.41, 5.74) is 1.88. The van der Waals surface area contributed by atoms with Crippen LogP contribution < -0.4 is 5.32 Å². The Hall–Kier alpha value is -0.830. The smallest absolute Gasteiger partial charge is 0.252 e. The summed E-state index contributed by atoms with van der Waals surface area (Å²) in [4.78, 5) is 12.2. The number of carbonyl (C=O) groups is 1. The highest BCUT2D eigenvalue weighted by Gasteiger charge is 2.23. The van der Waals surface area contributed by atoms with Gasteiger partial charge in [0, 0.05) is 10.5 Å². The summed E-state index contributed by atoms with van der Waals surface area (Å²) in [7, 11) is 0. The van der Waals surface area contributed by atoms with Gasteiger partial charge >= 0.3 is 0 Å². The molecular weight excluding hydrogens is 290 g/mol. The van der Waals surface area contributed by atoms with Crippen LogP contribution in [-0.2, 0) is 0 Å². The third-order valence-corrected chi connectivity index (χ3v) is 4.49. The zero-order valence-corrected chi connectivity index (χ0v) is 12.6. The molecule has 0 aromatic heterocycles. The third-order valence-electron chi connectivity index (χ3n) is 3.83. The van der Waals surface area contributed by atoms with Crippen LogP contribution in [0.1, 0.15) is 48.5 Å². The molecule has 98 valence electrons. The second-order valence-corrected chi connectivity index (χ2v) is 6.14. The third kappa shape index (κ3) is 3.14. The van der Waals surface area contributed by atoms with Crippen molar-refractivity contribution in [2.75, 3.05) is 0 Å². The van der Waals surface area contributed by atoms with Crippen LogP contribution in [0.25, 0.3) is 0 Å². The fourth-order valence-corrected chi connectivity index (χ4v) is 3.34. The number of hydrogen-bond acceptors (Lipinski definition) is 1. The molecule has 0 saturated heterocycles. The Morgan fingerprint density at radius 2 is 2.06 bits per heavy atom. The van der Waals surface area contributed by atoms with Crippen LogP contribution in [0.4, 0.5) is 0 Å².